The van der Waals surface area contributed by atoms with Gasteiger partial charge in [-0.15, -0.1) is 0 Å². The van der Waals surface area contributed by atoms with Crippen molar-refractivity contribution < 1.29 is 5.11 Å². The SMILES string of the molecule is CNC1CCCCC1Cc1ccc(O)cc1. The summed E-state index contributed by atoms with van der Waals surface area (Å²) >= 11 is 0. The van der Waals surface area contributed by atoms with Crippen LogP contribution in [-0.4, -0.2) is 18.2 Å². The van der Waals surface area contributed by atoms with Gasteiger partial charge < -0.3 is 10.4 Å². The zero-order valence-electron chi connectivity index (χ0n) is 9.95. The van der Waals surface area contributed by atoms with E-state index in [-0.39, 0.29) is 0 Å². The third kappa shape index (κ3) is 2.76. The van der Waals surface area contributed by atoms with Crippen molar-refractivity contribution in [2.24, 2.45) is 5.92 Å². The van der Waals surface area contributed by atoms with Gasteiger partial charge in [-0.1, -0.05) is 25.0 Å². The molecule has 1 saturated carbocycles. The molecule has 88 valence electrons. The number of hydrogen-bond acceptors (Lipinski definition) is 2. The fourth-order valence-electron chi connectivity index (χ4n) is 2.77. The highest BCUT2D eigenvalue weighted by molar-refractivity contribution is 5.26. The standard InChI is InChI=1S/C14H21NO/c1-15-14-5-3-2-4-12(14)10-11-6-8-13(16)9-7-11/h6-9,12,14-16H,2-5,10H2,1H3. The molecule has 2 heteroatoms. The summed E-state index contributed by atoms with van der Waals surface area (Å²) in [5.41, 5.74) is 1.34. The maximum absolute atomic E-state index is 9.25. The molecule has 0 bridgehead atoms. The predicted octanol–water partition coefficient (Wildman–Crippen LogP) is 2.71. The molecule has 2 atom stereocenters. The molecule has 0 radical (unpaired) electrons. The molecule has 2 N–H and O–H groups in total. The summed E-state index contributed by atoms with van der Waals surface area (Å²) in [6, 6.07) is 8.31. The van der Waals surface area contributed by atoms with Crippen molar-refractivity contribution in [3.8, 4) is 5.75 Å². The van der Waals surface area contributed by atoms with Crippen LogP contribution in [0, 0.1) is 5.92 Å². The van der Waals surface area contributed by atoms with E-state index in [1.54, 1.807) is 12.1 Å². The quantitative estimate of drug-likeness (QED) is 0.819. The van der Waals surface area contributed by atoms with Gasteiger partial charge in [0.05, 0.1) is 0 Å². The first kappa shape index (κ1) is 11.5. The predicted molar refractivity (Wildman–Crippen MR) is 66.6 cm³/mol. The molecule has 0 spiro atoms. The first-order chi connectivity index (χ1) is 7.79. The fraction of sp³-hybridized carbons (Fsp3) is 0.571. The summed E-state index contributed by atoms with van der Waals surface area (Å²) in [4.78, 5) is 0. The Morgan fingerprint density at radius 1 is 1.19 bits per heavy atom. The lowest BCUT2D eigenvalue weighted by Gasteiger charge is -2.31. The van der Waals surface area contributed by atoms with Crippen molar-refractivity contribution >= 4 is 0 Å². The maximum Gasteiger partial charge on any atom is 0.115 e. The van der Waals surface area contributed by atoms with Crippen LogP contribution in [-0.2, 0) is 6.42 Å². The number of aromatic hydroxyl groups is 1. The van der Waals surface area contributed by atoms with Crippen molar-refractivity contribution in [2.45, 2.75) is 38.1 Å². The van der Waals surface area contributed by atoms with E-state index in [9.17, 15) is 5.11 Å². The normalized spacial score (nSPS) is 25.6. The average Bonchev–Trinajstić information content (AvgIpc) is 2.33. The summed E-state index contributed by atoms with van der Waals surface area (Å²) in [5, 5.41) is 12.7. The van der Waals surface area contributed by atoms with Crippen molar-refractivity contribution in [3.05, 3.63) is 29.8 Å². The van der Waals surface area contributed by atoms with Crippen LogP contribution >= 0.6 is 0 Å². The largest absolute Gasteiger partial charge is 0.508 e. The lowest BCUT2D eigenvalue weighted by atomic mass is 9.81. The van der Waals surface area contributed by atoms with E-state index >= 15 is 0 Å². The minimum Gasteiger partial charge on any atom is -0.508 e. The van der Waals surface area contributed by atoms with Crippen molar-refractivity contribution in [1.82, 2.24) is 5.32 Å². The minimum absolute atomic E-state index is 0.359. The highest BCUT2D eigenvalue weighted by atomic mass is 16.3. The van der Waals surface area contributed by atoms with Gasteiger partial charge in [0.25, 0.3) is 0 Å². The Balaban J connectivity index is 1.99. The Kier molecular flexibility index (Phi) is 3.83. The highest BCUT2D eigenvalue weighted by Gasteiger charge is 2.23. The van der Waals surface area contributed by atoms with Crippen LogP contribution in [0.4, 0.5) is 0 Å². The fourth-order valence-corrected chi connectivity index (χ4v) is 2.77. The van der Waals surface area contributed by atoms with Gasteiger partial charge in [0.15, 0.2) is 0 Å². The molecule has 2 rings (SSSR count). The van der Waals surface area contributed by atoms with E-state index < -0.39 is 0 Å². The zero-order valence-corrected chi connectivity index (χ0v) is 9.95. The van der Waals surface area contributed by atoms with Gasteiger partial charge in [-0.2, -0.15) is 0 Å². The number of phenols is 1. The third-order valence-electron chi connectivity index (χ3n) is 3.71. The summed E-state index contributed by atoms with van der Waals surface area (Å²) in [7, 11) is 2.07. The maximum atomic E-state index is 9.25. The molecule has 2 unspecified atom stereocenters. The van der Waals surface area contributed by atoms with Crippen LogP contribution in [0.15, 0.2) is 24.3 Å². The van der Waals surface area contributed by atoms with Crippen molar-refractivity contribution in [1.29, 1.82) is 0 Å². The molecule has 2 nitrogen and oxygen atoms in total. The van der Waals surface area contributed by atoms with Gasteiger partial charge in [-0.25, -0.2) is 0 Å². The molecule has 0 saturated heterocycles. The highest BCUT2D eigenvalue weighted by Crippen LogP contribution is 2.27. The molecular formula is C14H21NO. The van der Waals surface area contributed by atoms with E-state index in [1.807, 2.05) is 12.1 Å². The van der Waals surface area contributed by atoms with Crippen LogP contribution in [0.2, 0.25) is 0 Å². The Hall–Kier alpha value is -1.02. The van der Waals surface area contributed by atoms with Crippen molar-refractivity contribution in [2.75, 3.05) is 7.05 Å². The van der Waals surface area contributed by atoms with E-state index in [1.165, 1.54) is 31.2 Å². The Morgan fingerprint density at radius 2 is 1.88 bits per heavy atom. The number of benzene rings is 1. The van der Waals surface area contributed by atoms with Gasteiger partial charge in [0.1, 0.15) is 5.75 Å². The number of hydrogen-bond donors (Lipinski definition) is 2. The molecule has 0 aromatic heterocycles. The molecule has 1 aromatic carbocycles. The molecule has 0 heterocycles. The lowest BCUT2D eigenvalue weighted by Crippen LogP contribution is -2.37. The first-order valence-electron chi connectivity index (χ1n) is 6.25. The molecule has 1 aliphatic rings. The minimum atomic E-state index is 0.359. The zero-order chi connectivity index (χ0) is 11.4. The monoisotopic (exact) mass is 219 g/mol. The Morgan fingerprint density at radius 3 is 2.56 bits per heavy atom. The number of phenolic OH excluding ortho intramolecular Hbond substituents is 1. The summed E-state index contributed by atoms with van der Waals surface area (Å²) in [6.07, 6.45) is 6.48. The van der Waals surface area contributed by atoms with Gasteiger partial charge in [-0.3, -0.25) is 0 Å². The third-order valence-corrected chi connectivity index (χ3v) is 3.71. The van der Waals surface area contributed by atoms with Crippen LogP contribution in [0.25, 0.3) is 0 Å². The van der Waals surface area contributed by atoms with Crippen LogP contribution in [0.5, 0.6) is 5.75 Å². The smallest absolute Gasteiger partial charge is 0.115 e. The second-order valence-corrected chi connectivity index (χ2v) is 4.81. The van der Waals surface area contributed by atoms with Gasteiger partial charge >= 0.3 is 0 Å². The van der Waals surface area contributed by atoms with E-state index in [0.29, 0.717) is 11.8 Å². The number of rotatable bonds is 3. The molecule has 0 aliphatic heterocycles. The second kappa shape index (κ2) is 5.35. The van der Waals surface area contributed by atoms with Crippen LogP contribution in [0.3, 0.4) is 0 Å². The molecule has 1 aromatic rings. The van der Waals surface area contributed by atoms with Crippen LogP contribution < -0.4 is 5.32 Å². The second-order valence-electron chi connectivity index (χ2n) is 4.81. The summed E-state index contributed by atoms with van der Waals surface area (Å²) in [5.74, 6) is 1.11. The molecule has 1 aliphatic carbocycles. The average molecular weight is 219 g/mol. The Labute approximate surface area is 97.7 Å². The van der Waals surface area contributed by atoms with E-state index in [2.05, 4.69) is 12.4 Å². The molecular weight excluding hydrogens is 198 g/mol. The lowest BCUT2D eigenvalue weighted by molar-refractivity contribution is 0.272. The van der Waals surface area contributed by atoms with Crippen LogP contribution in [0.1, 0.15) is 31.2 Å². The molecule has 1 fully saturated rings. The summed E-state index contributed by atoms with van der Waals surface area (Å²) < 4.78 is 0. The van der Waals surface area contributed by atoms with Crippen molar-refractivity contribution in [3.63, 3.8) is 0 Å². The van der Waals surface area contributed by atoms with Gasteiger partial charge in [0.2, 0.25) is 0 Å². The molecule has 0 amide bonds. The van der Waals surface area contributed by atoms with Gasteiger partial charge in [0, 0.05) is 6.04 Å². The van der Waals surface area contributed by atoms with E-state index in [0.717, 1.165) is 12.3 Å². The van der Waals surface area contributed by atoms with Gasteiger partial charge in [-0.05, 0) is 49.9 Å². The molecule has 16 heavy (non-hydrogen) atoms. The number of nitrogens with one attached hydrogen (secondary N) is 1. The first-order valence-corrected chi connectivity index (χ1v) is 6.25. The topological polar surface area (TPSA) is 32.3 Å². The Bertz CT molecular complexity index is 320. The summed E-state index contributed by atoms with van der Waals surface area (Å²) in [6.45, 7) is 0. The van der Waals surface area contributed by atoms with E-state index in [4.69, 9.17) is 0 Å².